The van der Waals surface area contributed by atoms with Gasteiger partial charge >= 0.3 is 5.97 Å². The van der Waals surface area contributed by atoms with Crippen molar-refractivity contribution in [2.24, 2.45) is 5.92 Å². The summed E-state index contributed by atoms with van der Waals surface area (Å²) >= 11 is 0. The average molecular weight is 240 g/mol. The Morgan fingerprint density at radius 3 is 2.71 bits per heavy atom. The number of hydrogen-bond donors (Lipinski definition) is 3. The van der Waals surface area contributed by atoms with Gasteiger partial charge < -0.3 is 15.7 Å². The van der Waals surface area contributed by atoms with Crippen molar-refractivity contribution < 1.29 is 14.7 Å². The van der Waals surface area contributed by atoms with E-state index in [4.69, 9.17) is 5.11 Å². The molecule has 17 heavy (non-hydrogen) atoms. The third-order valence-corrected chi connectivity index (χ3v) is 4.02. The van der Waals surface area contributed by atoms with Crippen LogP contribution < -0.4 is 10.6 Å². The van der Waals surface area contributed by atoms with E-state index in [1.54, 1.807) is 0 Å². The molecule has 2 rings (SSSR count). The summed E-state index contributed by atoms with van der Waals surface area (Å²) in [6, 6.07) is -0.195. The van der Waals surface area contributed by atoms with Crippen LogP contribution in [0.1, 0.15) is 39.0 Å². The number of nitrogens with one attached hydrogen (secondary N) is 2. The van der Waals surface area contributed by atoms with Gasteiger partial charge in [-0.05, 0) is 39.2 Å². The standard InChI is InChI=1S/C12H20N2O3/c1-12(6-3-7-13-12)11(17)14-9-5-2-4-8(9)10(15)16/h8-9,13H,2-7H2,1H3,(H,14,17)(H,15,16). The van der Waals surface area contributed by atoms with E-state index in [1.165, 1.54) is 0 Å². The van der Waals surface area contributed by atoms with Crippen LogP contribution in [0, 0.1) is 5.92 Å². The molecule has 1 aliphatic carbocycles. The van der Waals surface area contributed by atoms with Crippen molar-refractivity contribution in [3.05, 3.63) is 0 Å². The van der Waals surface area contributed by atoms with Crippen molar-refractivity contribution in [1.29, 1.82) is 0 Å². The molecule has 0 aromatic rings. The van der Waals surface area contributed by atoms with Gasteiger partial charge in [0, 0.05) is 6.04 Å². The van der Waals surface area contributed by atoms with Crippen LogP contribution in [0.3, 0.4) is 0 Å². The highest BCUT2D eigenvalue weighted by Crippen LogP contribution is 2.27. The van der Waals surface area contributed by atoms with Gasteiger partial charge in [0.2, 0.25) is 5.91 Å². The number of carbonyl (C=O) groups is 2. The topological polar surface area (TPSA) is 78.4 Å². The van der Waals surface area contributed by atoms with Gasteiger partial charge in [-0.2, -0.15) is 0 Å². The van der Waals surface area contributed by atoms with Crippen LogP contribution in [-0.4, -0.2) is 35.1 Å². The first kappa shape index (κ1) is 12.4. The van der Waals surface area contributed by atoms with Gasteiger partial charge in [0.1, 0.15) is 0 Å². The number of carboxylic acids is 1. The molecule has 1 amide bonds. The lowest BCUT2D eigenvalue weighted by atomic mass is 9.97. The zero-order valence-electron chi connectivity index (χ0n) is 10.2. The number of amides is 1. The Kier molecular flexibility index (Phi) is 3.38. The van der Waals surface area contributed by atoms with Crippen molar-refractivity contribution in [1.82, 2.24) is 10.6 Å². The lowest BCUT2D eigenvalue weighted by molar-refractivity contribution is -0.142. The van der Waals surface area contributed by atoms with E-state index in [9.17, 15) is 9.59 Å². The van der Waals surface area contributed by atoms with Crippen LogP contribution in [0.25, 0.3) is 0 Å². The van der Waals surface area contributed by atoms with Crippen molar-refractivity contribution in [2.75, 3.05) is 6.54 Å². The molecule has 3 N–H and O–H groups in total. The van der Waals surface area contributed by atoms with Crippen LogP contribution in [-0.2, 0) is 9.59 Å². The van der Waals surface area contributed by atoms with E-state index in [-0.39, 0.29) is 11.9 Å². The lowest BCUT2D eigenvalue weighted by Crippen LogP contribution is -2.54. The Morgan fingerprint density at radius 2 is 2.12 bits per heavy atom. The minimum Gasteiger partial charge on any atom is -0.481 e. The van der Waals surface area contributed by atoms with Crippen LogP contribution in [0.5, 0.6) is 0 Å². The second-order valence-corrected chi connectivity index (χ2v) is 5.32. The van der Waals surface area contributed by atoms with Gasteiger partial charge in [-0.1, -0.05) is 6.42 Å². The maximum absolute atomic E-state index is 12.1. The molecule has 0 spiro atoms. The summed E-state index contributed by atoms with van der Waals surface area (Å²) < 4.78 is 0. The highest BCUT2D eigenvalue weighted by molar-refractivity contribution is 5.87. The van der Waals surface area contributed by atoms with Gasteiger partial charge in [0.25, 0.3) is 0 Å². The third-order valence-electron chi connectivity index (χ3n) is 4.02. The Hall–Kier alpha value is -1.10. The minimum atomic E-state index is -0.794. The molecule has 3 unspecified atom stereocenters. The van der Waals surface area contributed by atoms with E-state index in [0.29, 0.717) is 6.42 Å². The first-order valence-electron chi connectivity index (χ1n) is 6.32. The van der Waals surface area contributed by atoms with E-state index in [1.807, 2.05) is 6.92 Å². The number of carboxylic acid groups (broad SMARTS) is 1. The summed E-state index contributed by atoms with van der Waals surface area (Å²) in [5.74, 6) is -1.26. The zero-order valence-corrected chi connectivity index (χ0v) is 10.2. The zero-order chi connectivity index (χ0) is 12.5. The predicted octanol–water partition coefficient (Wildman–Crippen LogP) is 0.498. The molecule has 0 bridgehead atoms. The summed E-state index contributed by atoms with van der Waals surface area (Å²) in [5, 5.41) is 15.2. The number of hydrogen-bond acceptors (Lipinski definition) is 3. The highest BCUT2D eigenvalue weighted by Gasteiger charge is 2.40. The summed E-state index contributed by atoms with van der Waals surface area (Å²) in [4.78, 5) is 23.2. The molecular formula is C12H20N2O3. The maximum Gasteiger partial charge on any atom is 0.308 e. The molecule has 3 atom stereocenters. The SMILES string of the molecule is CC1(C(=O)NC2CCCC2C(=O)O)CCCN1. The largest absolute Gasteiger partial charge is 0.481 e. The molecule has 1 heterocycles. The monoisotopic (exact) mass is 240 g/mol. The predicted molar refractivity (Wildman–Crippen MR) is 62.5 cm³/mol. The lowest BCUT2D eigenvalue weighted by Gasteiger charge is -2.27. The molecule has 0 aromatic carbocycles. The Labute approximate surface area is 101 Å². The fourth-order valence-corrected chi connectivity index (χ4v) is 2.84. The second-order valence-electron chi connectivity index (χ2n) is 5.32. The Balaban J connectivity index is 1.96. The third kappa shape index (κ3) is 2.44. The quantitative estimate of drug-likeness (QED) is 0.671. The molecule has 5 nitrogen and oxygen atoms in total. The van der Waals surface area contributed by atoms with E-state index >= 15 is 0 Å². The van der Waals surface area contributed by atoms with Gasteiger partial charge in [-0.15, -0.1) is 0 Å². The summed E-state index contributed by atoms with van der Waals surface area (Å²) in [5.41, 5.74) is -0.508. The van der Waals surface area contributed by atoms with Crippen LogP contribution in [0.15, 0.2) is 0 Å². The Bertz CT molecular complexity index is 324. The molecule has 96 valence electrons. The highest BCUT2D eigenvalue weighted by atomic mass is 16.4. The molecule has 5 heteroatoms. The molecule has 2 fully saturated rings. The first-order chi connectivity index (χ1) is 8.03. The van der Waals surface area contributed by atoms with Crippen LogP contribution in [0.2, 0.25) is 0 Å². The van der Waals surface area contributed by atoms with Gasteiger partial charge in [0.15, 0.2) is 0 Å². The van der Waals surface area contributed by atoms with E-state index in [2.05, 4.69) is 10.6 Å². The van der Waals surface area contributed by atoms with Crippen LogP contribution >= 0.6 is 0 Å². The molecule has 1 saturated carbocycles. The smallest absolute Gasteiger partial charge is 0.308 e. The summed E-state index contributed by atoms with van der Waals surface area (Å²) in [6.45, 7) is 2.75. The van der Waals surface area contributed by atoms with Crippen molar-refractivity contribution in [2.45, 2.75) is 50.6 Å². The maximum atomic E-state index is 12.1. The molecule has 2 aliphatic rings. The summed E-state index contributed by atoms with van der Waals surface area (Å²) in [7, 11) is 0. The molecule has 1 aliphatic heterocycles. The van der Waals surface area contributed by atoms with Crippen molar-refractivity contribution in [3.8, 4) is 0 Å². The van der Waals surface area contributed by atoms with E-state index in [0.717, 1.165) is 32.2 Å². The van der Waals surface area contributed by atoms with Crippen molar-refractivity contribution >= 4 is 11.9 Å². The first-order valence-corrected chi connectivity index (χ1v) is 6.32. The van der Waals surface area contributed by atoms with E-state index < -0.39 is 17.4 Å². The second kappa shape index (κ2) is 4.64. The number of aliphatic carboxylic acids is 1. The van der Waals surface area contributed by atoms with Gasteiger partial charge in [-0.25, -0.2) is 0 Å². The fourth-order valence-electron chi connectivity index (χ4n) is 2.84. The van der Waals surface area contributed by atoms with Crippen LogP contribution in [0.4, 0.5) is 0 Å². The number of carbonyl (C=O) groups excluding carboxylic acids is 1. The minimum absolute atomic E-state index is 0.0480. The van der Waals surface area contributed by atoms with Gasteiger partial charge in [-0.3, -0.25) is 9.59 Å². The average Bonchev–Trinajstić information content (AvgIpc) is 2.87. The molecule has 1 saturated heterocycles. The van der Waals surface area contributed by atoms with Crippen molar-refractivity contribution in [3.63, 3.8) is 0 Å². The fraction of sp³-hybridized carbons (Fsp3) is 0.833. The Morgan fingerprint density at radius 1 is 1.35 bits per heavy atom. The normalized spacial score (nSPS) is 37.0. The number of rotatable bonds is 3. The molecular weight excluding hydrogens is 220 g/mol. The molecule has 0 radical (unpaired) electrons. The summed E-state index contributed by atoms with van der Waals surface area (Å²) in [6.07, 6.45) is 4.15. The molecule has 0 aromatic heterocycles. The van der Waals surface area contributed by atoms with Gasteiger partial charge in [0.05, 0.1) is 11.5 Å².